The van der Waals surface area contributed by atoms with E-state index in [9.17, 15) is 0 Å². The SMILES string of the molecule is C=CCN1CC1C#N. The molecule has 0 bridgehead atoms. The first kappa shape index (κ1) is 5.33. The van der Waals surface area contributed by atoms with Crippen LogP contribution in [-0.4, -0.2) is 24.0 Å². The number of hydrogen-bond acceptors (Lipinski definition) is 2. The predicted molar refractivity (Wildman–Crippen MR) is 31.2 cm³/mol. The second kappa shape index (κ2) is 1.97. The standard InChI is InChI=1S/C6H8N2/c1-2-3-8-5-6(8)4-7/h2,6H,1,3,5H2. The van der Waals surface area contributed by atoms with Gasteiger partial charge in [0.25, 0.3) is 0 Å². The molecule has 2 unspecified atom stereocenters. The largest absolute Gasteiger partial charge is 0.281 e. The smallest absolute Gasteiger partial charge is 0.111 e. The fourth-order valence-electron chi connectivity index (χ4n) is 0.665. The Hall–Kier alpha value is -0.810. The molecule has 0 amide bonds. The van der Waals surface area contributed by atoms with E-state index >= 15 is 0 Å². The van der Waals surface area contributed by atoms with E-state index < -0.39 is 0 Å². The molecule has 1 heterocycles. The molecule has 0 aliphatic carbocycles. The number of hydrogen-bond donors (Lipinski definition) is 0. The summed E-state index contributed by atoms with van der Waals surface area (Å²) in [4.78, 5) is 2.05. The van der Waals surface area contributed by atoms with Crippen LogP contribution in [0.1, 0.15) is 0 Å². The molecule has 0 N–H and O–H groups in total. The molecule has 1 rings (SSSR count). The summed E-state index contributed by atoms with van der Waals surface area (Å²) in [7, 11) is 0. The van der Waals surface area contributed by atoms with Crippen molar-refractivity contribution in [2.24, 2.45) is 0 Å². The Labute approximate surface area is 49.0 Å². The van der Waals surface area contributed by atoms with Crippen molar-refractivity contribution in [2.45, 2.75) is 6.04 Å². The number of nitrogens with zero attached hydrogens (tertiary/aromatic N) is 2. The summed E-state index contributed by atoms with van der Waals surface area (Å²) in [5.41, 5.74) is 0. The molecule has 2 heteroatoms. The van der Waals surface area contributed by atoms with Crippen molar-refractivity contribution in [1.82, 2.24) is 4.90 Å². The zero-order valence-electron chi connectivity index (χ0n) is 4.67. The lowest BCUT2D eigenvalue weighted by atomic mass is 10.5. The van der Waals surface area contributed by atoms with Crippen LogP contribution < -0.4 is 0 Å². The summed E-state index contributed by atoms with van der Waals surface area (Å²) in [6.45, 7) is 5.35. The van der Waals surface area contributed by atoms with E-state index in [1.54, 1.807) is 0 Å². The van der Waals surface area contributed by atoms with Gasteiger partial charge < -0.3 is 0 Å². The summed E-state index contributed by atoms with van der Waals surface area (Å²) in [5, 5.41) is 8.28. The quantitative estimate of drug-likeness (QED) is 0.377. The predicted octanol–water partition coefficient (Wildman–Crippen LogP) is 0.380. The number of nitriles is 1. The number of rotatable bonds is 2. The third kappa shape index (κ3) is 0.877. The Morgan fingerprint density at radius 1 is 2.00 bits per heavy atom. The van der Waals surface area contributed by atoms with Gasteiger partial charge in [-0.2, -0.15) is 5.26 Å². The summed E-state index contributed by atoms with van der Waals surface area (Å²) in [5.74, 6) is 0. The third-order valence-corrected chi connectivity index (χ3v) is 1.23. The maximum Gasteiger partial charge on any atom is 0.111 e. The van der Waals surface area contributed by atoms with Gasteiger partial charge in [0.15, 0.2) is 0 Å². The molecule has 1 aliphatic heterocycles. The van der Waals surface area contributed by atoms with Gasteiger partial charge in [0.2, 0.25) is 0 Å². The Morgan fingerprint density at radius 3 is 3.12 bits per heavy atom. The van der Waals surface area contributed by atoms with Crippen LogP contribution in [0.3, 0.4) is 0 Å². The minimum Gasteiger partial charge on any atom is -0.281 e. The van der Waals surface area contributed by atoms with Crippen LogP contribution in [0.15, 0.2) is 12.7 Å². The van der Waals surface area contributed by atoms with Crippen LogP contribution in [0, 0.1) is 11.3 Å². The van der Waals surface area contributed by atoms with E-state index in [4.69, 9.17) is 5.26 Å². The molecule has 8 heavy (non-hydrogen) atoms. The van der Waals surface area contributed by atoms with Gasteiger partial charge >= 0.3 is 0 Å². The van der Waals surface area contributed by atoms with Crippen LogP contribution in [0.4, 0.5) is 0 Å². The highest BCUT2D eigenvalue weighted by Crippen LogP contribution is 2.14. The monoisotopic (exact) mass is 108 g/mol. The molecule has 1 aliphatic rings. The van der Waals surface area contributed by atoms with Crippen LogP contribution in [-0.2, 0) is 0 Å². The van der Waals surface area contributed by atoms with Gasteiger partial charge in [-0.25, -0.2) is 0 Å². The zero-order valence-corrected chi connectivity index (χ0v) is 4.67. The highest BCUT2D eigenvalue weighted by molar-refractivity contribution is 5.07. The van der Waals surface area contributed by atoms with E-state index in [1.165, 1.54) is 0 Å². The summed E-state index contributed by atoms with van der Waals surface area (Å²) < 4.78 is 0. The first-order valence-electron chi connectivity index (χ1n) is 2.63. The molecular weight excluding hydrogens is 100 g/mol. The van der Waals surface area contributed by atoms with E-state index in [1.807, 2.05) is 11.0 Å². The molecule has 0 aromatic carbocycles. The van der Waals surface area contributed by atoms with E-state index in [0.717, 1.165) is 13.1 Å². The topological polar surface area (TPSA) is 26.8 Å². The molecule has 1 saturated heterocycles. The Morgan fingerprint density at radius 2 is 2.75 bits per heavy atom. The molecule has 0 aromatic rings. The van der Waals surface area contributed by atoms with Crippen molar-refractivity contribution >= 4 is 0 Å². The van der Waals surface area contributed by atoms with Crippen molar-refractivity contribution in [1.29, 1.82) is 5.26 Å². The molecule has 2 atom stereocenters. The summed E-state index contributed by atoms with van der Waals surface area (Å²) >= 11 is 0. The van der Waals surface area contributed by atoms with Crippen molar-refractivity contribution in [3.63, 3.8) is 0 Å². The van der Waals surface area contributed by atoms with Gasteiger partial charge in [-0.1, -0.05) is 6.08 Å². The van der Waals surface area contributed by atoms with Crippen molar-refractivity contribution in [3.8, 4) is 6.07 Å². The van der Waals surface area contributed by atoms with E-state index in [0.29, 0.717) is 0 Å². The van der Waals surface area contributed by atoms with Crippen LogP contribution in [0.25, 0.3) is 0 Å². The minimum absolute atomic E-state index is 0.188. The fourth-order valence-corrected chi connectivity index (χ4v) is 0.665. The Bertz CT molecular complexity index is 134. The molecule has 0 saturated carbocycles. The molecule has 0 radical (unpaired) electrons. The van der Waals surface area contributed by atoms with Crippen molar-refractivity contribution in [2.75, 3.05) is 13.1 Å². The average molecular weight is 108 g/mol. The average Bonchev–Trinajstić information content (AvgIpc) is 2.48. The van der Waals surface area contributed by atoms with Gasteiger partial charge in [-0.3, -0.25) is 4.90 Å². The van der Waals surface area contributed by atoms with E-state index in [-0.39, 0.29) is 6.04 Å². The Kier molecular flexibility index (Phi) is 1.32. The molecule has 2 nitrogen and oxygen atoms in total. The summed E-state index contributed by atoms with van der Waals surface area (Å²) in [6, 6.07) is 2.34. The van der Waals surface area contributed by atoms with E-state index in [2.05, 4.69) is 12.6 Å². The normalized spacial score (nSPS) is 33.4. The lowest BCUT2D eigenvalue weighted by molar-refractivity contribution is 0.601. The fraction of sp³-hybridized carbons (Fsp3) is 0.500. The molecular formula is C6H8N2. The molecule has 1 fully saturated rings. The molecule has 0 spiro atoms. The Balaban J connectivity index is 2.19. The second-order valence-corrected chi connectivity index (χ2v) is 1.89. The summed E-state index contributed by atoms with van der Waals surface area (Å²) in [6.07, 6.45) is 1.82. The highest BCUT2D eigenvalue weighted by atomic mass is 15.3. The first-order chi connectivity index (χ1) is 3.88. The third-order valence-electron chi connectivity index (χ3n) is 1.23. The lowest BCUT2D eigenvalue weighted by Crippen LogP contribution is -1.98. The highest BCUT2D eigenvalue weighted by Gasteiger charge is 2.31. The maximum atomic E-state index is 8.28. The van der Waals surface area contributed by atoms with Gasteiger partial charge in [-0.15, -0.1) is 6.58 Å². The van der Waals surface area contributed by atoms with Crippen LogP contribution in [0.5, 0.6) is 0 Å². The van der Waals surface area contributed by atoms with Gasteiger partial charge in [-0.05, 0) is 0 Å². The molecule has 42 valence electrons. The van der Waals surface area contributed by atoms with Crippen molar-refractivity contribution < 1.29 is 0 Å². The lowest BCUT2D eigenvalue weighted by Gasteiger charge is -1.87. The second-order valence-electron chi connectivity index (χ2n) is 1.89. The van der Waals surface area contributed by atoms with Gasteiger partial charge in [0.1, 0.15) is 6.04 Å². The van der Waals surface area contributed by atoms with Gasteiger partial charge in [0, 0.05) is 13.1 Å². The van der Waals surface area contributed by atoms with Crippen LogP contribution in [0.2, 0.25) is 0 Å². The minimum atomic E-state index is 0.188. The molecule has 0 aromatic heterocycles. The van der Waals surface area contributed by atoms with Gasteiger partial charge in [0.05, 0.1) is 6.07 Å². The first-order valence-corrected chi connectivity index (χ1v) is 2.63. The van der Waals surface area contributed by atoms with Crippen LogP contribution >= 0.6 is 0 Å². The maximum absolute atomic E-state index is 8.28. The van der Waals surface area contributed by atoms with Crippen molar-refractivity contribution in [3.05, 3.63) is 12.7 Å². The zero-order chi connectivity index (χ0) is 5.98.